The second-order valence-corrected chi connectivity index (χ2v) is 11.8. The average Bonchev–Trinajstić information content (AvgIpc) is 3.19. The van der Waals surface area contributed by atoms with E-state index < -0.39 is 45.0 Å². The highest BCUT2D eigenvalue weighted by Crippen LogP contribution is 2.41. The van der Waals surface area contributed by atoms with Crippen LogP contribution in [-0.4, -0.2) is 64.3 Å². The van der Waals surface area contributed by atoms with Gasteiger partial charge >= 0.3 is 5.97 Å². The molecular formula is C25H36N2O9S. The first kappa shape index (κ1) is 29.0. The molecule has 3 rings (SSSR count). The van der Waals surface area contributed by atoms with Crippen LogP contribution in [0.5, 0.6) is 0 Å². The van der Waals surface area contributed by atoms with Crippen LogP contribution >= 0.6 is 0 Å². The fourth-order valence-corrected chi connectivity index (χ4v) is 6.02. The number of imide groups is 2. The summed E-state index contributed by atoms with van der Waals surface area (Å²) in [5, 5.41) is -1.72. The summed E-state index contributed by atoms with van der Waals surface area (Å²) < 4.78 is 32.0. The Labute approximate surface area is 217 Å². The van der Waals surface area contributed by atoms with Crippen molar-refractivity contribution in [2.45, 2.75) is 102 Å². The Morgan fingerprint density at radius 3 is 1.97 bits per heavy atom. The molecule has 0 radical (unpaired) electrons. The van der Waals surface area contributed by atoms with Crippen LogP contribution in [0.1, 0.15) is 96.3 Å². The van der Waals surface area contributed by atoms with E-state index in [-0.39, 0.29) is 16.9 Å². The highest BCUT2D eigenvalue weighted by molar-refractivity contribution is 7.87. The van der Waals surface area contributed by atoms with Crippen molar-refractivity contribution in [2.24, 2.45) is 5.41 Å². The molecule has 2 aliphatic heterocycles. The summed E-state index contributed by atoms with van der Waals surface area (Å²) in [4.78, 5) is 67.3. The van der Waals surface area contributed by atoms with E-state index in [1.54, 1.807) is 0 Å². The molecule has 12 heteroatoms. The lowest BCUT2D eigenvalue weighted by Gasteiger charge is -2.31. The van der Waals surface area contributed by atoms with Crippen molar-refractivity contribution in [3.05, 3.63) is 12.2 Å². The van der Waals surface area contributed by atoms with Crippen LogP contribution in [0.25, 0.3) is 0 Å². The van der Waals surface area contributed by atoms with Crippen molar-refractivity contribution in [2.75, 3.05) is 6.54 Å². The van der Waals surface area contributed by atoms with Gasteiger partial charge in [0.05, 0.1) is 11.8 Å². The minimum Gasteiger partial charge on any atom is -0.330 e. The zero-order valence-electron chi connectivity index (χ0n) is 21.1. The van der Waals surface area contributed by atoms with Crippen LogP contribution in [0.4, 0.5) is 0 Å². The molecule has 0 spiro atoms. The molecule has 0 aromatic heterocycles. The molecule has 1 unspecified atom stereocenters. The Bertz CT molecular complexity index is 1010. The van der Waals surface area contributed by atoms with E-state index in [4.69, 9.17) is 4.84 Å². The number of unbranched alkanes of at least 4 members (excludes halogenated alkanes) is 6. The van der Waals surface area contributed by atoms with Crippen molar-refractivity contribution >= 4 is 39.7 Å². The number of nitrogens with zero attached hydrogens (tertiary/aromatic N) is 2. The molecule has 206 valence electrons. The van der Waals surface area contributed by atoms with Crippen molar-refractivity contribution in [1.82, 2.24) is 9.96 Å². The summed E-state index contributed by atoms with van der Waals surface area (Å²) in [5.41, 5.74) is -0.837. The van der Waals surface area contributed by atoms with Crippen molar-refractivity contribution in [1.29, 1.82) is 0 Å². The Kier molecular flexibility index (Phi) is 10.00. The zero-order chi connectivity index (χ0) is 27.1. The van der Waals surface area contributed by atoms with Gasteiger partial charge in [-0.15, -0.1) is 5.06 Å². The SMILES string of the molecule is O=C1C=CC(=O)N1CCCCCCCCCC1(C(=O)ON2C(=O)CC(S(=O)(=O)O)C2=O)CCCCCC1. The molecule has 0 bridgehead atoms. The summed E-state index contributed by atoms with van der Waals surface area (Å²) >= 11 is 0. The monoisotopic (exact) mass is 540 g/mol. The zero-order valence-corrected chi connectivity index (χ0v) is 21.9. The number of hydrogen-bond donors (Lipinski definition) is 1. The van der Waals surface area contributed by atoms with E-state index in [2.05, 4.69) is 0 Å². The van der Waals surface area contributed by atoms with Gasteiger partial charge in [-0.1, -0.05) is 64.2 Å². The van der Waals surface area contributed by atoms with E-state index in [0.717, 1.165) is 70.6 Å². The van der Waals surface area contributed by atoms with E-state index >= 15 is 0 Å². The van der Waals surface area contributed by atoms with E-state index in [1.807, 2.05) is 0 Å². The number of amides is 4. The molecule has 4 amide bonds. The van der Waals surface area contributed by atoms with Crippen molar-refractivity contribution in [3.63, 3.8) is 0 Å². The van der Waals surface area contributed by atoms with Gasteiger partial charge in [-0.25, -0.2) is 4.79 Å². The predicted molar refractivity (Wildman–Crippen MR) is 131 cm³/mol. The van der Waals surface area contributed by atoms with Gasteiger partial charge in [-0.3, -0.25) is 28.6 Å². The van der Waals surface area contributed by atoms with Crippen LogP contribution in [0.2, 0.25) is 0 Å². The lowest BCUT2D eigenvalue weighted by atomic mass is 9.76. The fourth-order valence-electron chi connectivity index (χ4n) is 5.32. The largest absolute Gasteiger partial charge is 0.339 e. The first-order valence-corrected chi connectivity index (χ1v) is 14.6. The molecule has 1 N–H and O–H groups in total. The smallest absolute Gasteiger partial charge is 0.330 e. The Morgan fingerprint density at radius 2 is 1.43 bits per heavy atom. The molecule has 1 saturated carbocycles. The summed E-state index contributed by atoms with van der Waals surface area (Å²) in [6, 6.07) is 0. The van der Waals surface area contributed by atoms with Crippen LogP contribution in [0.3, 0.4) is 0 Å². The van der Waals surface area contributed by atoms with Gasteiger partial charge in [0.15, 0.2) is 5.25 Å². The first-order valence-electron chi connectivity index (χ1n) is 13.1. The molecular weight excluding hydrogens is 504 g/mol. The maximum atomic E-state index is 13.2. The van der Waals surface area contributed by atoms with Crippen molar-refractivity contribution < 1.29 is 41.8 Å². The number of carbonyl (C=O) groups is 5. The van der Waals surface area contributed by atoms with Gasteiger partial charge in [0.1, 0.15) is 0 Å². The van der Waals surface area contributed by atoms with Crippen LogP contribution in [-0.2, 0) is 38.9 Å². The highest BCUT2D eigenvalue weighted by Gasteiger charge is 2.50. The average molecular weight is 541 g/mol. The van der Waals surface area contributed by atoms with Gasteiger partial charge < -0.3 is 4.84 Å². The lowest BCUT2D eigenvalue weighted by molar-refractivity contribution is -0.206. The maximum Gasteiger partial charge on any atom is 0.339 e. The van der Waals surface area contributed by atoms with Crippen LogP contribution in [0.15, 0.2) is 12.2 Å². The Morgan fingerprint density at radius 1 is 0.892 bits per heavy atom. The minimum absolute atomic E-state index is 0.215. The third-order valence-corrected chi connectivity index (χ3v) is 8.61. The molecule has 11 nitrogen and oxygen atoms in total. The standard InChI is InChI=1S/C25H36N2O9S/c28-20-12-13-21(29)26(20)17-11-7-3-1-2-4-8-14-25(15-9-5-6-10-16-25)24(32)36-27-22(30)18-19(23(27)31)37(33,34)35/h12-13,19H,1-11,14-18H2,(H,33,34,35). The van der Waals surface area contributed by atoms with Crippen molar-refractivity contribution in [3.8, 4) is 0 Å². The fraction of sp³-hybridized carbons (Fsp3) is 0.720. The van der Waals surface area contributed by atoms with E-state index in [1.165, 1.54) is 17.1 Å². The summed E-state index contributed by atoms with van der Waals surface area (Å²) in [5.74, 6) is -3.40. The van der Waals surface area contributed by atoms with Gasteiger partial charge in [0.25, 0.3) is 33.7 Å². The van der Waals surface area contributed by atoms with Crippen LogP contribution in [0, 0.1) is 5.41 Å². The maximum absolute atomic E-state index is 13.2. The van der Waals surface area contributed by atoms with Gasteiger partial charge in [0.2, 0.25) is 0 Å². The molecule has 0 aromatic rings. The summed E-state index contributed by atoms with van der Waals surface area (Å²) in [6.07, 6.45) is 13.4. The Hall–Kier alpha value is -2.60. The van der Waals surface area contributed by atoms with E-state index in [0.29, 0.717) is 25.8 Å². The lowest BCUT2D eigenvalue weighted by Crippen LogP contribution is -2.42. The molecule has 2 heterocycles. The minimum atomic E-state index is -4.78. The predicted octanol–water partition coefficient (Wildman–Crippen LogP) is 2.85. The topological polar surface area (TPSA) is 155 Å². The van der Waals surface area contributed by atoms with Gasteiger partial charge in [-0.2, -0.15) is 8.42 Å². The molecule has 3 aliphatic rings. The van der Waals surface area contributed by atoms with Crippen LogP contribution < -0.4 is 0 Å². The number of hydroxylamine groups is 2. The van der Waals surface area contributed by atoms with Gasteiger partial charge in [0, 0.05) is 18.7 Å². The molecule has 0 aromatic carbocycles. The first-order chi connectivity index (χ1) is 17.5. The second-order valence-electron chi connectivity index (χ2n) is 10.2. The molecule has 2 fully saturated rings. The summed E-state index contributed by atoms with van der Waals surface area (Å²) in [6.45, 7) is 0.433. The number of carbonyl (C=O) groups excluding carboxylic acids is 5. The third-order valence-electron chi connectivity index (χ3n) is 7.53. The van der Waals surface area contributed by atoms with E-state index in [9.17, 15) is 36.9 Å². The van der Waals surface area contributed by atoms with Gasteiger partial charge in [-0.05, 0) is 25.7 Å². The number of hydrogen-bond acceptors (Lipinski definition) is 8. The molecule has 1 aliphatic carbocycles. The second kappa shape index (κ2) is 12.8. The molecule has 37 heavy (non-hydrogen) atoms. The quantitative estimate of drug-likeness (QED) is 0.161. The third kappa shape index (κ3) is 7.47. The Balaban J connectivity index is 1.43. The molecule has 1 saturated heterocycles. The number of rotatable bonds is 13. The molecule has 1 atom stereocenters. The summed E-state index contributed by atoms with van der Waals surface area (Å²) in [7, 11) is -4.78. The normalized spacial score (nSPS) is 22.1. The highest BCUT2D eigenvalue weighted by atomic mass is 32.2.